The van der Waals surface area contributed by atoms with E-state index < -0.39 is 5.91 Å². The molecular formula is C28H24N4O3. The van der Waals surface area contributed by atoms with Crippen LogP contribution >= 0.6 is 0 Å². The molecule has 7 nitrogen and oxygen atoms in total. The van der Waals surface area contributed by atoms with E-state index in [1.165, 1.54) is 6.08 Å². The van der Waals surface area contributed by atoms with Crippen LogP contribution in [-0.4, -0.2) is 23.5 Å². The maximum Gasteiger partial charge on any atom is 0.266 e. The summed E-state index contributed by atoms with van der Waals surface area (Å²) in [6, 6.07) is 24.0. The maximum absolute atomic E-state index is 12.8. The van der Waals surface area contributed by atoms with Gasteiger partial charge >= 0.3 is 0 Å². The number of nitrogens with one attached hydrogen (secondary N) is 2. The highest BCUT2D eigenvalue weighted by atomic mass is 16.5. The van der Waals surface area contributed by atoms with Crippen LogP contribution in [0, 0.1) is 18.3 Å². The molecule has 0 saturated heterocycles. The maximum atomic E-state index is 12.8. The SMILES string of the molecule is COc1cccc(NC(=O)C(C#N)=Cc2cn(CC(=O)Nc3ccc(C)cc3)c3ccccc23)c1. The molecular weight excluding hydrogens is 440 g/mol. The van der Waals surface area contributed by atoms with Crippen LogP contribution in [-0.2, 0) is 16.1 Å². The molecule has 4 aromatic rings. The predicted molar refractivity (Wildman–Crippen MR) is 137 cm³/mol. The van der Waals surface area contributed by atoms with Gasteiger partial charge in [-0.25, -0.2) is 0 Å². The molecule has 2 amide bonds. The smallest absolute Gasteiger partial charge is 0.266 e. The molecule has 7 heteroatoms. The van der Waals surface area contributed by atoms with Crippen molar-refractivity contribution >= 4 is 40.2 Å². The Labute approximate surface area is 203 Å². The molecule has 0 aliphatic heterocycles. The number of anilines is 2. The normalized spacial score (nSPS) is 11.1. The van der Waals surface area contributed by atoms with E-state index in [9.17, 15) is 14.9 Å². The molecule has 0 saturated carbocycles. The van der Waals surface area contributed by atoms with E-state index >= 15 is 0 Å². The van der Waals surface area contributed by atoms with E-state index in [2.05, 4.69) is 10.6 Å². The Bertz CT molecular complexity index is 1460. The fourth-order valence-corrected chi connectivity index (χ4v) is 3.72. The van der Waals surface area contributed by atoms with E-state index in [1.807, 2.05) is 61.5 Å². The summed E-state index contributed by atoms with van der Waals surface area (Å²) in [7, 11) is 1.54. The Morgan fingerprint density at radius 3 is 2.51 bits per heavy atom. The van der Waals surface area contributed by atoms with Crippen LogP contribution in [0.4, 0.5) is 11.4 Å². The van der Waals surface area contributed by atoms with Crippen molar-refractivity contribution < 1.29 is 14.3 Å². The molecule has 4 rings (SSSR count). The first-order valence-corrected chi connectivity index (χ1v) is 11.0. The molecule has 0 aliphatic carbocycles. The zero-order chi connectivity index (χ0) is 24.8. The lowest BCUT2D eigenvalue weighted by Crippen LogP contribution is -2.18. The number of carbonyl (C=O) groups is 2. The van der Waals surface area contributed by atoms with Gasteiger partial charge in [-0.3, -0.25) is 9.59 Å². The number of ether oxygens (including phenoxy) is 1. The van der Waals surface area contributed by atoms with Crippen LogP contribution in [0.5, 0.6) is 5.75 Å². The number of carbonyl (C=O) groups excluding carboxylic acids is 2. The molecule has 174 valence electrons. The van der Waals surface area contributed by atoms with Gasteiger partial charge in [0, 0.05) is 40.1 Å². The van der Waals surface area contributed by atoms with Crippen molar-refractivity contribution in [2.75, 3.05) is 17.7 Å². The second-order valence-electron chi connectivity index (χ2n) is 8.00. The zero-order valence-corrected chi connectivity index (χ0v) is 19.4. The molecule has 0 spiro atoms. The predicted octanol–water partition coefficient (Wildman–Crippen LogP) is 5.14. The summed E-state index contributed by atoms with van der Waals surface area (Å²) in [6.45, 7) is 2.07. The van der Waals surface area contributed by atoms with Crippen LogP contribution in [0.25, 0.3) is 17.0 Å². The summed E-state index contributed by atoms with van der Waals surface area (Å²) >= 11 is 0. The van der Waals surface area contributed by atoms with Gasteiger partial charge in [0.1, 0.15) is 23.9 Å². The number of nitrogens with zero attached hydrogens (tertiary/aromatic N) is 2. The molecule has 0 fully saturated rings. The van der Waals surface area contributed by atoms with Crippen molar-refractivity contribution in [3.8, 4) is 11.8 Å². The minimum atomic E-state index is -0.533. The van der Waals surface area contributed by atoms with Gasteiger partial charge in [0.05, 0.1) is 7.11 Å². The largest absolute Gasteiger partial charge is 0.497 e. The number of rotatable bonds is 7. The van der Waals surface area contributed by atoms with Crippen molar-refractivity contribution in [3.05, 3.63) is 95.7 Å². The van der Waals surface area contributed by atoms with Gasteiger partial charge in [-0.05, 0) is 43.3 Å². The Kier molecular flexibility index (Phi) is 6.94. The summed E-state index contributed by atoms with van der Waals surface area (Å²) in [5.41, 5.74) is 3.78. The minimum Gasteiger partial charge on any atom is -0.497 e. The third kappa shape index (κ3) is 5.57. The number of para-hydroxylation sites is 1. The minimum absolute atomic E-state index is 0.0557. The van der Waals surface area contributed by atoms with Crippen molar-refractivity contribution in [1.82, 2.24) is 4.57 Å². The summed E-state index contributed by atoms with van der Waals surface area (Å²) in [5.74, 6) is -0.117. The summed E-state index contributed by atoms with van der Waals surface area (Å²) in [5, 5.41) is 16.1. The standard InChI is InChI=1S/C28H24N4O3/c1-19-10-12-22(13-11-19)30-27(33)18-32-17-21(25-8-3-4-9-26(25)32)14-20(16-29)28(34)31-23-6-5-7-24(15-23)35-2/h3-15,17H,18H2,1-2H3,(H,30,33)(H,31,34). The van der Waals surface area contributed by atoms with Crippen LogP contribution < -0.4 is 15.4 Å². The topological polar surface area (TPSA) is 96.2 Å². The first kappa shape index (κ1) is 23.3. The molecule has 0 bridgehead atoms. The number of aryl methyl sites for hydroxylation is 1. The number of methoxy groups -OCH3 is 1. The van der Waals surface area contributed by atoms with E-state index in [-0.39, 0.29) is 18.0 Å². The fourth-order valence-electron chi connectivity index (χ4n) is 3.72. The molecule has 0 unspecified atom stereocenters. The Morgan fingerprint density at radius 1 is 1.00 bits per heavy atom. The number of fused-ring (bicyclic) bond motifs is 1. The second kappa shape index (κ2) is 10.4. The number of amides is 2. The van der Waals surface area contributed by atoms with Gasteiger partial charge in [0.25, 0.3) is 5.91 Å². The second-order valence-corrected chi connectivity index (χ2v) is 8.00. The third-order valence-electron chi connectivity index (χ3n) is 5.46. The highest BCUT2D eigenvalue weighted by Crippen LogP contribution is 2.24. The molecule has 0 aliphatic rings. The summed E-state index contributed by atoms with van der Waals surface area (Å²) < 4.78 is 6.98. The summed E-state index contributed by atoms with van der Waals surface area (Å²) in [4.78, 5) is 25.5. The van der Waals surface area contributed by atoms with Gasteiger partial charge < -0.3 is 19.9 Å². The molecule has 1 aromatic heterocycles. The van der Waals surface area contributed by atoms with Crippen LogP contribution in [0.2, 0.25) is 0 Å². The molecule has 3 aromatic carbocycles. The monoisotopic (exact) mass is 464 g/mol. The number of hydrogen-bond acceptors (Lipinski definition) is 4. The molecule has 2 N–H and O–H groups in total. The Balaban J connectivity index is 1.58. The van der Waals surface area contributed by atoms with Gasteiger partial charge in [-0.15, -0.1) is 0 Å². The lowest BCUT2D eigenvalue weighted by molar-refractivity contribution is -0.116. The lowest BCUT2D eigenvalue weighted by atomic mass is 10.1. The molecule has 1 heterocycles. The number of aromatic nitrogens is 1. The highest BCUT2D eigenvalue weighted by molar-refractivity contribution is 6.11. The molecule has 0 radical (unpaired) electrons. The zero-order valence-electron chi connectivity index (χ0n) is 19.4. The van der Waals surface area contributed by atoms with Crippen LogP contribution in [0.3, 0.4) is 0 Å². The van der Waals surface area contributed by atoms with Gasteiger partial charge in [0.15, 0.2) is 0 Å². The van der Waals surface area contributed by atoms with Crippen LogP contribution in [0.1, 0.15) is 11.1 Å². The first-order valence-electron chi connectivity index (χ1n) is 11.0. The summed E-state index contributed by atoms with van der Waals surface area (Å²) in [6.07, 6.45) is 3.31. The van der Waals surface area contributed by atoms with Gasteiger partial charge in [-0.1, -0.05) is 42.0 Å². The van der Waals surface area contributed by atoms with Gasteiger partial charge in [0.2, 0.25) is 5.91 Å². The van der Waals surface area contributed by atoms with Gasteiger partial charge in [-0.2, -0.15) is 5.26 Å². The Morgan fingerprint density at radius 2 is 1.77 bits per heavy atom. The third-order valence-corrected chi connectivity index (χ3v) is 5.46. The van der Waals surface area contributed by atoms with E-state index in [1.54, 1.807) is 42.1 Å². The van der Waals surface area contributed by atoms with Crippen LogP contribution in [0.15, 0.2) is 84.6 Å². The number of nitriles is 1. The average Bonchev–Trinajstić information content (AvgIpc) is 3.20. The lowest BCUT2D eigenvalue weighted by Gasteiger charge is -2.07. The number of benzene rings is 3. The quantitative estimate of drug-likeness (QED) is 0.292. The van der Waals surface area contributed by atoms with E-state index in [4.69, 9.17) is 4.74 Å². The van der Waals surface area contributed by atoms with Crippen molar-refractivity contribution in [3.63, 3.8) is 0 Å². The van der Waals surface area contributed by atoms with Crippen molar-refractivity contribution in [2.45, 2.75) is 13.5 Å². The highest BCUT2D eigenvalue weighted by Gasteiger charge is 2.14. The number of hydrogen-bond donors (Lipinski definition) is 2. The Hall–Kier alpha value is -4.83. The fraction of sp³-hybridized carbons (Fsp3) is 0.107. The first-order chi connectivity index (χ1) is 17.0. The van der Waals surface area contributed by atoms with E-state index in [0.717, 1.165) is 22.2 Å². The van der Waals surface area contributed by atoms with Crippen molar-refractivity contribution in [1.29, 1.82) is 5.26 Å². The molecule has 35 heavy (non-hydrogen) atoms. The van der Waals surface area contributed by atoms with Crippen molar-refractivity contribution in [2.24, 2.45) is 0 Å². The van der Waals surface area contributed by atoms with E-state index in [0.29, 0.717) is 17.0 Å². The molecule has 0 atom stereocenters. The average molecular weight is 465 g/mol.